The molecule has 4 rings (SSSR count). The van der Waals surface area contributed by atoms with Crippen LogP contribution in [0.2, 0.25) is 10.0 Å². The van der Waals surface area contributed by atoms with E-state index >= 15 is 0 Å². The third-order valence-electron chi connectivity index (χ3n) is 4.97. The first-order chi connectivity index (χ1) is 14.1. The molecule has 0 unspecified atom stereocenters. The molecule has 3 aromatic rings. The fraction of sp³-hybridized carbons (Fsp3) is 0.125. The maximum absolute atomic E-state index is 12.1. The highest BCUT2D eigenvalue weighted by Crippen LogP contribution is 2.44. The van der Waals surface area contributed by atoms with Crippen molar-refractivity contribution in [3.8, 4) is 11.1 Å². The lowest BCUT2D eigenvalue weighted by Gasteiger charge is -2.14. The monoisotopic (exact) mass is 423 g/mol. The third kappa shape index (κ3) is 4.31. The Bertz CT molecular complexity index is 1030. The van der Waals surface area contributed by atoms with Crippen LogP contribution in [0.25, 0.3) is 17.2 Å². The lowest BCUT2D eigenvalue weighted by atomic mass is 9.98. The van der Waals surface area contributed by atoms with Gasteiger partial charge in [-0.05, 0) is 39.9 Å². The van der Waals surface area contributed by atoms with Crippen molar-refractivity contribution in [3.05, 3.63) is 99.5 Å². The Morgan fingerprint density at radius 3 is 2.28 bits per heavy atom. The summed E-state index contributed by atoms with van der Waals surface area (Å²) in [6.07, 6.45) is 3.21. The summed E-state index contributed by atoms with van der Waals surface area (Å²) in [6, 6.07) is 21.8. The summed E-state index contributed by atoms with van der Waals surface area (Å²) in [5.74, 6) is 0.0524. The maximum atomic E-state index is 12.1. The zero-order valence-electron chi connectivity index (χ0n) is 15.6. The molecule has 0 saturated heterocycles. The number of alkyl carbamates (subject to hydrolysis) is 1. The van der Waals surface area contributed by atoms with Crippen molar-refractivity contribution in [1.82, 2.24) is 5.32 Å². The standard InChI is InChI=1S/C24H19Cl2NO2/c25-17-12-11-16(23(26)14-17)6-5-13-27-24(28)29-15-22-20-9-3-1-7-18(20)19-8-2-4-10-21(19)22/h1-12,14,22H,13,15H2,(H,27,28). The number of fused-ring (bicyclic) bond motifs is 3. The molecule has 3 nitrogen and oxygen atoms in total. The molecule has 146 valence electrons. The van der Waals surface area contributed by atoms with E-state index in [1.807, 2.05) is 42.5 Å². The Morgan fingerprint density at radius 2 is 1.62 bits per heavy atom. The van der Waals surface area contributed by atoms with Gasteiger partial charge in [-0.1, -0.05) is 90.0 Å². The van der Waals surface area contributed by atoms with Gasteiger partial charge < -0.3 is 10.1 Å². The van der Waals surface area contributed by atoms with Gasteiger partial charge in [0.25, 0.3) is 0 Å². The van der Waals surface area contributed by atoms with Crippen molar-refractivity contribution in [2.75, 3.05) is 13.2 Å². The molecule has 0 fully saturated rings. The number of carbonyl (C=O) groups excluding carboxylic acids is 1. The summed E-state index contributed by atoms with van der Waals surface area (Å²) in [5, 5.41) is 3.89. The van der Waals surface area contributed by atoms with E-state index in [2.05, 4.69) is 29.6 Å². The quantitative estimate of drug-likeness (QED) is 0.505. The van der Waals surface area contributed by atoms with E-state index in [4.69, 9.17) is 27.9 Å². The van der Waals surface area contributed by atoms with E-state index in [1.54, 1.807) is 12.1 Å². The third-order valence-corrected chi connectivity index (χ3v) is 5.53. The van der Waals surface area contributed by atoms with Gasteiger partial charge in [0.15, 0.2) is 0 Å². The molecule has 5 heteroatoms. The second-order valence-corrected chi connectivity index (χ2v) is 7.62. The molecule has 1 aliphatic rings. The molecule has 0 atom stereocenters. The fourth-order valence-corrected chi connectivity index (χ4v) is 4.09. The minimum Gasteiger partial charge on any atom is -0.449 e. The molecular weight excluding hydrogens is 405 g/mol. The number of carbonyl (C=O) groups is 1. The van der Waals surface area contributed by atoms with E-state index in [-0.39, 0.29) is 5.92 Å². The lowest BCUT2D eigenvalue weighted by molar-refractivity contribution is 0.144. The largest absolute Gasteiger partial charge is 0.449 e. The van der Waals surface area contributed by atoms with E-state index in [9.17, 15) is 4.79 Å². The summed E-state index contributed by atoms with van der Waals surface area (Å²) in [7, 11) is 0. The van der Waals surface area contributed by atoms with Gasteiger partial charge in [0, 0.05) is 22.5 Å². The van der Waals surface area contributed by atoms with E-state index in [1.165, 1.54) is 22.3 Å². The second kappa shape index (κ2) is 8.73. The summed E-state index contributed by atoms with van der Waals surface area (Å²) >= 11 is 12.0. The van der Waals surface area contributed by atoms with Crippen LogP contribution in [0.4, 0.5) is 4.79 Å². The van der Waals surface area contributed by atoms with Crippen molar-refractivity contribution in [2.24, 2.45) is 0 Å². The van der Waals surface area contributed by atoms with Crippen LogP contribution < -0.4 is 5.32 Å². The Morgan fingerprint density at radius 1 is 0.966 bits per heavy atom. The molecule has 0 spiro atoms. The predicted molar refractivity (Wildman–Crippen MR) is 119 cm³/mol. The smallest absolute Gasteiger partial charge is 0.407 e. The minimum atomic E-state index is -0.446. The van der Waals surface area contributed by atoms with Gasteiger partial charge in [-0.2, -0.15) is 0 Å². The average molecular weight is 424 g/mol. The number of amides is 1. The van der Waals surface area contributed by atoms with E-state index in [0.717, 1.165) is 5.56 Å². The Hall–Kier alpha value is -2.75. The number of benzene rings is 3. The summed E-state index contributed by atoms with van der Waals surface area (Å²) in [4.78, 5) is 12.1. The van der Waals surface area contributed by atoms with Crippen LogP contribution in [0, 0.1) is 0 Å². The van der Waals surface area contributed by atoms with Crippen LogP contribution in [-0.2, 0) is 4.74 Å². The molecular formula is C24H19Cl2NO2. The van der Waals surface area contributed by atoms with Crippen molar-refractivity contribution in [1.29, 1.82) is 0 Å². The van der Waals surface area contributed by atoms with E-state index in [0.29, 0.717) is 23.2 Å². The van der Waals surface area contributed by atoms with Crippen molar-refractivity contribution < 1.29 is 9.53 Å². The van der Waals surface area contributed by atoms with Crippen LogP contribution in [0.15, 0.2) is 72.8 Å². The molecule has 3 aromatic carbocycles. The number of hydrogen-bond donors (Lipinski definition) is 1. The van der Waals surface area contributed by atoms with Gasteiger partial charge >= 0.3 is 6.09 Å². The first-order valence-corrected chi connectivity index (χ1v) is 10.1. The Labute approximate surface area is 179 Å². The molecule has 1 aliphatic carbocycles. The van der Waals surface area contributed by atoms with Crippen LogP contribution in [0.3, 0.4) is 0 Å². The molecule has 1 amide bonds. The Balaban J connectivity index is 1.34. The number of nitrogens with one attached hydrogen (secondary N) is 1. The summed E-state index contributed by atoms with van der Waals surface area (Å²) < 4.78 is 5.50. The maximum Gasteiger partial charge on any atom is 0.407 e. The predicted octanol–water partition coefficient (Wildman–Crippen LogP) is 6.55. The number of ether oxygens (including phenoxy) is 1. The van der Waals surface area contributed by atoms with Crippen LogP contribution in [0.5, 0.6) is 0 Å². The highest BCUT2D eigenvalue weighted by Gasteiger charge is 2.28. The first-order valence-electron chi connectivity index (χ1n) is 9.34. The van der Waals surface area contributed by atoms with Crippen LogP contribution in [-0.4, -0.2) is 19.2 Å². The Kier molecular flexibility index (Phi) is 5.89. The van der Waals surface area contributed by atoms with Crippen LogP contribution in [0.1, 0.15) is 22.6 Å². The molecule has 0 saturated carbocycles. The second-order valence-electron chi connectivity index (χ2n) is 6.77. The van der Waals surface area contributed by atoms with Crippen molar-refractivity contribution >= 4 is 35.4 Å². The normalized spacial score (nSPS) is 12.6. The molecule has 0 bridgehead atoms. The molecule has 0 aliphatic heterocycles. The van der Waals surface area contributed by atoms with Gasteiger partial charge in [-0.25, -0.2) is 4.79 Å². The molecule has 0 heterocycles. The SMILES string of the molecule is O=C(NCC=Cc1ccc(Cl)cc1Cl)OCC1c2ccccc2-c2ccccc21. The zero-order valence-corrected chi connectivity index (χ0v) is 17.1. The zero-order chi connectivity index (χ0) is 20.2. The summed E-state index contributed by atoms with van der Waals surface area (Å²) in [6.45, 7) is 0.641. The van der Waals surface area contributed by atoms with Gasteiger partial charge in [-0.3, -0.25) is 0 Å². The van der Waals surface area contributed by atoms with Crippen LogP contribution >= 0.6 is 23.2 Å². The highest BCUT2D eigenvalue weighted by atomic mass is 35.5. The minimum absolute atomic E-state index is 0.0524. The molecule has 0 aromatic heterocycles. The fourth-order valence-electron chi connectivity index (χ4n) is 3.61. The number of hydrogen-bond acceptors (Lipinski definition) is 2. The molecule has 29 heavy (non-hydrogen) atoms. The van der Waals surface area contributed by atoms with Gasteiger partial charge in [0.05, 0.1) is 0 Å². The van der Waals surface area contributed by atoms with Gasteiger partial charge in [0.2, 0.25) is 0 Å². The topological polar surface area (TPSA) is 38.3 Å². The van der Waals surface area contributed by atoms with Crippen molar-refractivity contribution in [2.45, 2.75) is 5.92 Å². The summed E-state index contributed by atoms with van der Waals surface area (Å²) in [5.41, 5.74) is 5.64. The van der Waals surface area contributed by atoms with Gasteiger partial charge in [0.1, 0.15) is 6.61 Å². The molecule has 0 radical (unpaired) electrons. The van der Waals surface area contributed by atoms with Gasteiger partial charge in [-0.15, -0.1) is 0 Å². The molecule has 1 N–H and O–H groups in total. The van der Waals surface area contributed by atoms with Crippen molar-refractivity contribution in [3.63, 3.8) is 0 Å². The lowest BCUT2D eigenvalue weighted by Crippen LogP contribution is -2.26. The number of rotatable bonds is 5. The average Bonchev–Trinajstić information content (AvgIpc) is 3.05. The highest BCUT2D eigenvalue weighted by molar-refractivity contribution is 6.35. The number of halogens is 2. The van der Waals surface area contributed by atoms with E-state index < -0.39 is 6.09 Å². The first kappa shape index (κ1) is 19.6.